The van der Waals surface area contributed by atoms with Crippen LogP contribution in [0, 0.1) is 12.7 Å². The molecule has 0 atom stereocenters. The third kappa shape index (κ3) is 4.85. The predicted octanol–water partition coefficient (Wildman–Crippen LogP) is 3.96. The van der Waals surface area contributed by atoms with E-state index in [2.05, 4.69) is 5.32 Å². The van der Waals surface area contributed by atoms with Crippen molar-refractivity contribution in [2.75, 3.05) is 18.4 Å². The molecule has 1 aliphatic heterocycles. The van der Waals surface area contributed by atoms with Crippen LogP contribution in [0.3, 0.4) is 0 Å². The molecule has 1 saturated heterocycles. The maximum absolute atomic E-state index is 13.2. The number of piperidine rings is 1. The van der Waals surface area contributed by atoms with Gasteiger partial charge in [-0.15, -0.1) is 0 Å². The lowest BCUT2D eigenvalue weighted by molar-refractivity contribution is -0.111. The van der Waals surface area contributed by atoms with Gasteiger partial charge in [-0.25, -0.2) is 12.8 Å². The van der Waals surface area contributed by atoms with Gasteiger partial charge in [0.25, 0.3) is 0 Å². The van der Waals surface area contributed by atoms with E-state index in [9.17, 15) is 17.6 Å². The van der Waals surface area contributed by atoms with Gasteiger partial charge in [0.1, 0.15) is 5.82 Å². The number of hydrogen-bond donors (Lipinski definition) is 1. The van der Waals surface area contributed by atoms with Crippen molar-refractivity contribution in [3.8, 4) is 0 Å². The van der Waals surface area contributed by atoms with Crippen molar-refractivity contribution >= 4 is 27.7 Å². The van der Waals surface area contributed by atoms with Gasteiger partial charge in [-0.2, -0.15) is 4.31 Å². The van der Waals surface area contributed by atoms with Crippen LogP contribution in [0.1, 0.15) is 30.4 Å². The molecule has 7 heteroatoms. The third-order valence-corrected chi connectivity index (χ3v) is 6.59. The Labute approximate surface area is 164 Å². The van der Waals surface area contributed by atoms with E-state index < -0.39 is 15.9 Å². The number of hydrogen-bond acceptors (Lipinski definition) is 3. The van der Waals surface area contributed by atoms with Crippen LogP contribution in [0.2, 0.25) is 0 Å². The molecule has 0 unspecified atom stereocenters. The standard InChI is InChI=1S/C21H23FN2O3S/c1-16-8-10-19(28(26,27)24-12-3-2-4-13-24)15-20(16)23-21(25)11-9-17-6-5-7-18(22)14-17/h5-11,14-15H,2-4,12-13H2,1H3,(H,23,25)/b11-9+. The fraction of sp³-hybridized carbons (Fsp3) is 0.286. The largest absolute Gasteiger partial charge is 0.322 e. The van der Waals surface area contributed by atoms with Crippen molar-refractivity contribution in [1.29, 1.82) is 0 Å². The molecule has 1 aliphatic rings. The van der Waals surface area contributed by atoms with E-state index in [1.165, 1.54) is 34.7 Å². The molecular weight excluding hydrogens is 379 g/mol. The monoisotopic (exact) mass is 402 g/mol. The summed E-state index contributed by atoms with van der Waals surface area (Å²) in [4.78, 5) is 12.4. The topological polar surface area (TPSA) is 66.5 Å². The number of carbonyl (C=O) groups excluding carboxylic acids is 1. The van der Waals surface area contributed by atoms with E-state index >= 15 is 0 Å². The number of sulfonamides is 1. The van der Waals surface area contributed by atoms with Crippen LogP contribution < -0.4 is 5.32 Å². The Bertz CT molecular complexity index is 996. The Hall–Kier alpha value is -2.51. The first-order valence-electron chi connectivity index (χ1n) is 9.22. The molecule has 1 heterocycles. The highest BCUT2D eigenvalue weighted by Crippen LogP contribution is 2.25. The number of benzene rings is 2. The van der Waals surface area contributed by atoms with Crippen molar-refractivity contribution in [2.45, 2.75) is 31.1 Å². The number of nitrogens with zero attached hydrogens (tertiary/aromatic N) is 1. The Kier molecular flexibility index (Phi) is 6.26. The van der Waals surface area contributed by atoms with Crippen LogP contribution in [0.15, 0.2) is 53.4 Å². The van der Waals surface area contributed by atoms with E-state index in [0.717, 1.165) is 24.8 Å². The molecule has 3 rings (SSSR count). The van der Waals surface area contributed by atoms with Gasteiger partial charge in [0.05, 0.1) is 4.90 Å². The summed E-state index contributed by atoms with van der Waals surface area (Å²) < 4.78 is 40.4. The van der Waals surface area contributed by atoms with Crippen LogP contribution in [0.5, 0.6) is 0 Å². The summed E-state index contributed by atoms with van der Waals surface area (Å²) in [6.07, 6.45) is 5.56. The summed E-state index contributed by atoms with van der Waals surface area (Å²) in [5, 5.41) is 2.71. The first-order chi connectivity index (χ1) is 13.4. The highest BCUT2D eigenvalue weighted by Gasteiger charge is 2.26. The zero-order valence-electron chi connectivity index (χ0n) is 15.7. The Morgan fingerprint density at radius 2 is 1.86 bits per heavy atom. The maximum Gasteiger partial charge on any atom is 0.248 e. The van der Waals surface area contributed by atoms with Crippen molar-refractivity contribution in [3.63, 3.8) is 0 Å². The summed E-state index contributed by atoms with van der Waals surface area (Å²) >= 11 is 0. The average Bonchev–Trinajstić information content (AvgIpc) is 2.69. The molecule has 2 aromatic carbocycles. The summed E-state index contributed by atoms with van der Waals surface area (Å²) in [7, 11) is -3.57. The molecule has 148 valence electrons. The molecular formula is C21H23FN2O3S. The van der Waals surface area contributed by atoms with Gasteiger partial charge in [0.2, 0.25) is 15.9 Å². The molecule has 1 N–H and O–H groups in total. The molecule has 2 aromatic rings. The first kappa shape index (κ1) is 20.2. The molecule has 0 bridgehead atoms. The summed E-state index contributed by atoms with van der Waals surface area (Å²) in [6.45, 7) is 2.84. The number of amides is 1. The molecule has 0 spiro atoms. The molecule has 28 heavy (non-hydrogen) atoms. The molecule has 0 radical (unpaired) electrons. The lowest BCUT2D eigenvalue weighted by atomic mass is 10.2. The summed E-state index contributed by atoms with van der Waals surface area (Å²) in [6, 6.07) is 10.6. The lowest BCUT2D eigenvalue weighted by Crippen LogP contribution is -2.35. The second kappa shape index (κ2) is 8.67. The molecule has 1 amide bonds. The van der Waals surface area contributed by atoms with Gasteiger partial charge in [-0.05, 0) is 61.2 Å². The van der Waals surface area contributed by atoms with E-state index in [1.807, 2.05) is 0 Å². The molecule has 1 fully saturated rings. The van der Waals surface area contributed by atoms with E-state index in [0.29, 0.717) is 24.3 Å². The second-order valence-corrected chi connectivity index (χ2v) is 8.76. The highest BCUT2D eigenvalue weighted by molar-refractivity contribution is 7.89. The number of halogens is 1. The fourth-order valence-corrected chi connectivity index (χ4v) is 4.65. The number of aryl methyl sites for hydroxylation is 1. The third-order valence-electron chi connectivity index (χ3n) is 4.70. The van der Waals surface area contributed by atoms with Gasteiger partial charge < -0.3 is 5.32 Å². The normalized spacial score (nSPS) is 15.6. The minimum Gasteiger partial charge on any atom is -0.322 e. The van der Waals surface area contributed by atoms with Crippen LogP contribution in [0.25, 0.3) is 6.08 Å². The van der Waals surface area contributed by atoms with E-state index in [-0.39, 0.29) is 10.7 Å². The number of carbonyl (C=O) groups is 1. The van der Waals surface area contributed by atoms with Crippen molar-refractivity contribution < 1.29 is 17.6 Å². The Morgan fingerprint density at radius 3 is 2.57 bits per heavy atom. The highest BCUT2D eigenvalue weighted by atomic mass is 32.2. The van der Waals surface area contributed by atoms with Crippen molar-refractivity contribution in [2.24, 2.45) is 0 Å². The smallest absolute Gasteiger partial charge is 0.248 e. The predicted molar refractivity (Wildman–Crippen MR) is 108 cm³/mol. The summed E-state index contributed by atoms with van der Waals surface area (Å²) in [5.74, 6) is -0.797. The Balaban J connectivity index is 1.77. The molecule has 5 nitrogen and oxygen atoms in total. The van der Waals surface area contributed by atoms with Crippen molar-refractivity contribution in [3.05, 3.63) is 65.5 Å². The number of nitrogens with one attached hydrogen (secondary N) is 1. The summed E-state index contributed by atoms with van der Waals surface area (Å²) in [5.41, 5.74) is 1.75. The van der Waals surface area contributed by atoms with Gasteiger partial charge in [-0.3, -0.25) is 4.79 Å². The van der Waals surface area contributed by atoms with Crippen LogP contribution >= 0.6 is 0 Å². The quantitative estimate of drug-likeness (QED) is 0.770. The van der Waals surface area contributed by atoms with E-state index in [4.69, 9.17) is 0 Å². The number of anilines is 1. The maximum atomic E-state index is 13.2. The van der Waals surface area contributed by atoms with Gasteiger partial charge >= 0.3 is 0 Å². The minimum absolute atomic E-state index is 0.171. The van der Waals surface area contributed by atoms with Gasteiger partial charge in [0, 0.05) is 24.9 Å². The Morgan fingerprint density at radius 1 is 1.11 bits per heavy atom. The van der Waals surface area contributed by atoms with Gasteiger partial charge in [-0.1, -0.05) is 24.6 Å². The van der Waals surface area contributed by atoms with Crippen molar-refractivity contribution in [1.82, 2.24) is 4.31 Å². The molecule has 0 aromatic heterocycles. The zero-order valence-corrected chi connectivity index (χ0v) is 16.5. The fourth-order valence-electron chi connectivity index (χ4n) is 3.11. The lowest BCUT2D eigenvalue weighted by Gasteiger charge is -2.26. The second-order valence-electron chi connectivity index (χ2n) is 6.82. The van der Waals surface area contributed by atoms with E-state index in [1.54, 1.807) is 31.2 Å². The average molecular weight is 402 g/mol. The molecule has 0 saturated carbocycles. The van der Waals surface area contributed by atoms with Crippen LogP contribution in [0.4, 0.5) is 10.1 Å². The van der Waals surface area contributed by atoms with Crippen LogP contribution in [-0.2, 0) is 14.8 Å². The zero-order chi connectivity index (χ0) is 20.1. The first-order valence-corrected chi connectivity index (χ1v) is 10.7. The number of rotatable bonds is 5. The van der Waals surface area contributed by atoms with Gasteiger partial charge in [0.15, 0.2) is 0 Å². The molecule has 0 aliphatic carbocycles. The van der Waals surface area contributed by atoms with Crippen LogP contribution in [-0.4, -0.2) is 31.7 Å². The minimum atomic E-state index is -3.57. The SMILES string of the molecule is Cc1ccc(S(=O)(=O)N2CCCCC2)cc1NC(=O)/C=C/c1cccc(F)c1.